The fourth-order valence-electron chi connectivity index (χ4n) is 2.18. The van der Waals surface area contributed by atoms with E-state index in [1.807, 2.05) is 0 Å². The van der Waals surface area contributed by atoms with Crippen LogP contribution < -0.4 is 0 Å². The molecule has 1 saturated carbocycles. The number of hydrogen-bond donors (Lipinski definition) is 2. The zero-order chi connectivity index (χ0) is 10.3. The molecule has 0 unspecified atom stereocenters. The van der Waals surface area contributed by atoms with Gasteiger partial charge >= 0.3 is 0 Å². The van der Waals surface area contributed by atoms with Gasteiger partial charge in [-0.1, -0.05) is 44.9 Å². The Morgan fingerprint density at radius 1 is 0.643 bits per heavy atom. The van der Waals surface area contributed by atoms with Crippen LogP contribution >= 0.6 is 12.6 Å². The van der Waals surface area contributed by atoms with Gasteiger partial charge in [0.25, 0.3) is 0 Å². The summed E-state index contributed by atoms with van der Waals surface area (Å²) in [7, 11) is 0. The van der Waals surface area contributed by atoms with E-state index in [0.29, 0.717) is 0 Å². The van der Waals surface area contributed by atoms with Gasteiger partial charge in [-0.2, -0.15) is 0 Å². The number of aliphatic hydroxyl groups is 1. The Kier molecular flexibility index (Phi) is 5.95. The van der Waals surface area contributed by atoms with Gasteiger partial charge in [0.1, 0.15) is 4.93 Å². The second-order valence-corrected chi connectivity index (χ2v) is 5.50. The molecule has 1 rings (SSSR count). The van der Waals surface area contributed by atoms with Gasteiger partial charge in [-0.25, -0.2) is 0 Å². The average Bonchev–Trinajstić information content (AvgIpc) is 2.11. The quantitative estimate of drug-likeness (QED) is 0.465. The third kappa shape index (κ3) is 5.92. The third-order valence-electron chi connectivity index (χ3n) is 3.15. The molecule has 14 heavy (non-hydrogen) atoms. The number of hydrogen-bond acceptors (Lipinski definition) is 2. The van der Waals surface area contributed by atoms with E-state index >= 15 is 0 Å². The van der Waals surface area contributed by atoms with E-state index in [4.69, 9.17) is 0 Å². The normalized spacial score (nSPS) is 26.1. The van der Waals surface area contributed by atoms with Gasteiger partial charge in [-0.15, -0.1) is 12.6 Å². The van der Waals surface area contributed by atoms with Gasteiger partial charge in [-0.3, -0.25) is 0 Å². The van der Waals surface area contributed by atoms with Crippen LogP contribution in [0, 0.1) is 0 Å². The summed E-state index contributed by atoms with van der Waals surface area (Å²) in [5.74, 6) is 0. The SMILES string of the molecule is OC1(S)CCCCCCCCCCC1. The molecule has 0 amide bonds. The van der Waals surface area contributed by atoms with Crippen LogP contribution in [0.25, 0.3) is 0 Å². The van der Waals surface area contributed by atoms with Crippen molar-refractivity contribution in [2.75, 3.05) is 0 Å². The minimum Gasteiger partial charge on any atom is -0.380 e. The maximum absolute atomic E-state index is 9.92. The molecule has 1 nitrogen and oxygen atoms in total. The van der Waals surface area contributed by atoms with Gasteiger partial charge < -0.3 is 5.11 Å². The number of thiol groups is 1. The first-order chi connectivity index (χ1) is 6.71. The lowest BCUT2D eigenvalue weighted by Gasteiger charge is -2.22. The first kappa shape index (κ1) is 12.4. The molecular formula is C12H24OS. The van der Waals surface area contributed by atoms with Gasteiger partial charge in [0, 0.05) is 0 Å². The van der Waals surface area contributed by atoms with Crippen molar-refractivity contribution >= 4 is 12.6 Å². The van der Waals surface area contributed by atoms with Crippen LogP contribution in [0.3, 0.4) is 0 Å². The highest BCUT2D eigenvalue weighted by molar-refractivity contribution is 7.81. The second-order valence-electron chi connectivity index (χ2n) is 4.66. The Morgan fingerprint density at radius 2 is 0.929 bits per heavy atom. The van der Waals surface area contributed by atoms with E-state index in [-0.39, 0.29) is 0 Å². The van der Waals surface area contributed by atoms with Crippen LogP contribution in [-0.4, -0.2) is 10.0 Å². The van der Waals surface area contributed by atoms with E-state index in [2.05, 4.69) is 12.6 Å². The molecule has 0 aromatic rings. The van der Waals surface area contributed by atoms with Crippen LogP contribution in [0.1, 0.15) is 70.6 Å². The van der Waals surface area contributed by atoms with Crippen LogP contribution in [-0.2, 0) is 0 Å². The lowest BCUT2D eigenvalue weighted by atomic mass is 9.99. The zero-order valence-corrected chi connectivity index (χ0v) is 10.1. The summed E-state index contributed by atoms with van der Waals surface area (Å²) in [5.41, 5.74) is 0. The molecular weight excluding hydrogens is 192 g/mol. The van der Waals surface area contributed by atoms with E-state index in [9.17, 15) is 5.11 Å². The minimum absolute atomic E-state index is 0.681. The van der Waals surface area contributed by atoms with Gasteiger partial charge in [0.05, 0.1) is 0 Å². The molecule has 0 spiro atoms. The van der Waals surface area contributed by atoms with E-state index < -0.39 is 4.93 Å². The van der Waals surface area contributed by atoms with Crippen molar-refractivity contribution in [1.82, 2.24) is 0 Å². The third-order valence-corrected chi connectivity index (χ3v) is 3.60. The smallest absolute Gasteiger partial charge is 0.107 e. The van der Waals surface area contributed by atoms with Crippen molar-refractivity contribution in [2.24, 2.45) is 0 Å². The molecule has 0 aromatic carbocycles. The first-order valence-corrected chi connectivity index (χ1v) is 6.60. The van der Waals surface area contributed by atoms with Crippen LogP contribution in [0.4, 0.5) is 0 Å². The fourth-order valence-corrected chi connectivity index (χ4v) is 2.49. The maximum atomic E-state index is 9.92. The summed E-state index contributed by atoms with van der Waals surface area (Å²) in [6.07, 6.45) is 13.4. The van der Waals surface area contributed by atoms with Gasteiger partial charge in [0.15, 0.2) is 0 Å². The highest BCUT2D eigenvalue weighted by Crippen LogP contribution is 2.27. The highest BCUT2D eigenvalue weighted by Gasteiger charge is 2.20. The number of rotatable bonds is 0. The standard InChI is InChI=1S/C12H24OS/c13-12(14)10-8-6-4-2-1-3-5-7-9-11-12/h13-14H,1-11H2. The second kappa shape index (κ2) is 6.73. The largest absolute Gasteiger partial charge is 0.380 e. The van der Waals surface area contributed by atoms with E-state index in [1.165, 1.54) is 44.9 Å². The van der Waals surface area contributed by atoms with Crippen molar-refractivity contribution in [3.63, 3.8) is 0 Å². The molecule has 0 aromatic heterocycles. The molecule has 1 aliphatic carbocycles. The minimum atomic E-state index is -0.681. The Morgan fingerprint density at radius 3 is 1.29 bits per heavy atom. The van der Waals surface area contributed by atoms with Gasteiger partial charge in [0.2, 0.25) is 0 Å². The molecule has 1 fully saturated rings. The summed E-state index contributed by atoms with van der Waals surface area (Å²) < 4.78 is 0. The molecule has 0 heterocycles. The molecule has 0 aliphatic heterocycles. The van der Waals surface area contributed by atoms with Gasteiger partial charge in [-0.05, 0) is 25.7 Å². The lowest BCUT2D eigenvalue weighted by Crippen LogP contribution is -2.20. The van der Waals surface area contributed by atoms with Crippen LogP contribution in [0.2, 0.25) is 0 Å². The van der Waals surface area contributed by atoms with Crippen molar-refractivity contribution in [2.45, 2.75) is 75.6 Å². The predicted molar refractivity (Wildman–Crippen MR) is 64.7 cm³/mol. The Bertz CT molecular complexity index is 131. The Balaban J connectivity index is 2.24. The maximum Gasteiger partial charge on any atom is 0.107 e. The molecule has 0 atom stereocenters. The monoisotopic (exact) mass is 216 g/mol. The lowest BCUT2D eigenvalue weighted by molar-refractivity contribution is 0.113. The average molecular weight is 216 g/mol. The molecule has 1 aliphatic rings. The Labute approximate surface area is 93.7 Å². The first-order valence-electron chi connectivity index (χ1n) is 6.15. The molecule has 0 bridgehead atoms. The molecule has 0 saturated heterocycles. The molecule has 0 radical (unpaired) electrons. The summed E-state index contributed by atoms with van der Waals surface area (Å²) in [6.45, 7) is 0. The topological polar surface area (TPSA) is 20.2 Å². The summed E-state index contributed by atoms with van der Waals surface area (Å²) in [4.78, 5) is -0.681. The molecule has 2 heteroatoms. The van der Waals surface area contributed by atoms with Crippen molar-refractivity contribution in [1.29, 1.82) is 0 Å². The van der Waals surface area contributed by atoms with Crippen molar-refractivity contribution in [3.05, 3.63) is 0 Å². The summed E-state index contributed by atoms with van der Waals surface area (Å²) in [6, 6.07) is 0. The molecule has 84 valence electrons. The Hall–Kier alpha value is 0.310. The summed E-state index contributed by atoms with van der Waals surface area (Å²) in [5, 5.41) is 9.92. The van der Waals surface area contributed by atoms with Crippen LogP contribution in [0.5, 0.6) is 0 Å². The fraction of sp³-hybridized carbons (Fsp3) is 1.00. The summed E-state index contributed by atoms with van der Waals surface area (Å²) >= 11 is 4.34. The van der Waals surface area contributed by atoms with Crippen LogP contribution in [0.15, 0.2) is 0 Å². The van der Waals surface area contributed by atoms with Crippen molar-refractivity contribution in [3.8, 4) is 0 Å². The highest BCUT2D eigenvalue weighted by atomic mass is 32.1. The predicted octanol–water partition coefficient (Wildman–Crippen LogP) is 3.91. The molecule has 1 N–H and O–H groups in total. The zero-order valence-electron chi connectivity index (χ0n) is 9.17. The van der Waals surface area contributed by atoms with Crippen molar-refractivity contribution < 1.29 is 5.11 Å². The van der Waals surface area contributed by atoms with E-state index in [0.717, 1.165) is 25.7 Å². The van der Waals surface area contributed by atoms with E-state index in [1.54, 1.807) is 0 Å².